The summed E-state index contributed by atoms with van der Waals surface area (Å²) in [5.74, 6) is 1.08. The molecule has 1 radical (unpaired) electrons. The predicted molar refractivity (Wildman–Crippen MR) is 164 cm³/mol. The average molecular weight is 552 g/mol. The summed E-state index contributed by atoms with van der Waals surface area (Å²) in [4.78, 5) is 28.5. The van der Waals surface area contributed by atoms with Gasteiger partial charge in [-0.3, -0.25) is 9.59 Å². The van der Waals surface area contributed by atoms with Crippen LogP contribution in [0, 0.1) is 18.8 Å². The van der Waals surface area contributed by atoms with Crippen molar-refractivity contribution >= 4 is 35.7 Å². The number of nitrogens with zero attached hydrogens (tertiary/aromatic N) is 2. The molecule has 0 fully saturated rings. The Balaban J connectivity index is 0.000000349. The molecule has 0 saturated heterocycles. The third-order valence-corrected chi connectivity index (χ3v) is 7.49. The zero-order valence-corrected chi connectivity index (χ0v) is 25.1. The van der Waals surface area contributed by atoms with Gasteiger partial charge in [0.2, 0.25) is 13.3 Å². The number of hydrogen-bond donors (Lipinski definition) is 2. The molecule has 0 aliphatic carbocycles. The molecule has 2 atom stereocenters. The van der Waals surface area contributed by atoms with E-state index in [4.69, 9.17) is 4.74 Å². The maximum atomic E-state index is 12.0. The lowest BCUT2D eigenvalue weighted by atomic mass is 9.95. The van der Waals surface area contributed by atoms with Crippen LogP contribution < -0.4 is 10.6 Å². The standard InChI is InChI=1S/C18H18BN4O2S.C12H26O/c1-12-4-3-5-13(8-12)15-11-26-18(21-15)22-16(24)9-20-17(25)14-6-7-23(10-14)19-2;1-5-11(3)8-7-9-12(6-2)10-13-4/h3-8,10-11H,9H2,1-2H3,(H,20,25)(H,21,22,24);11-12H,5-10H2,1-4H3. The molecule has 0 aliphatic heterocycles. The van der Waals surface area contributed by atoms with Gasteiger partial charge in [-0.05, 0) is 43.5 Å². The van der Waals surface area contributed by atoms with Gasteiger partial charge in [-0.15, -0.1) is 11.3 Å². The van der Waals surface area contributed by atoms with Gasteiger partial charge in [-0.1, -0.05) is 77.0 Å². The number of nitrogens with one attached hydrogen (secondary N) is 2. The Labute approximate surface area is 239 Å². The van der Waals surface area contributed by atoms with Crippen molar-refractivity contribution in [2.45, 2.75) is 66.6 Å². The zero-order valence-electron chi connectivity index (χ0n) is 24.3. The van der Waals surface area contributed by atoms with Gasteiger partial charge < -0.3 is 19.8 Å². The Morgan fingerprint density at radius 1 is 1.18 bits per heavy atom. The number of ether oxygens (including phenoxy) is 1. The highest BCUT2D eigenvalue weighted by Crippen LogP contribution is 2.25. The summed E-state index contributed by atoms with van der Waals surface area (Å²) in [6, 6.07) is 9.71. The van der Waals surface area contributed by atoms with Crippen LogP contribution in [0.25, 0.3) is 11.3 Å². The SMILES string of the molecule is CCC(C)CCCC(CC)COC.C[B]n1ccc(C(=O)NCC(=O)Nc2nc(-c3cccc(C)c3)cs2)c1. The number of amides is 2. The molecule has 0 spiro atoms. The highest BCUT2D eigenvalue weighted by Gasteiger charge is 2.12. The van der Waals surface area contributed by atoms with Crippen LogP contribution in [0.1, 0.15) is 68.8 Å². The van der Waals surface area contributed by atoms with Crippen LogP contribution in [0.2, 0.25) is 6.82 Å². The van der Waals surface area contributed by atoms with Crippen LogP contribution in [0.5, 0.6) is 0 Å². The largest absolute Gasteiger partial charge is 0.402 e. The van der Waals surface area contributed by atoms with E-state index in [1.54, 1.807) is 30.0 Å². The normalized spacial score (nSPS) is 12.2. The molecule has 2 unspecified atom stereocenters. The van der Waals surface area contributed by atoms with Crippen molar-refractivity contribution in [1.82, 2.24) is 14.8 Å². The zero-order chi connectivity index (χ0) is 28.6. The molecular weight excluding hydrogens is 507 g/mol. The fourth-order valence-corrected chi connectivity index (χ4v) is 4.74. The molecule has 3 rings (SSSR count). The highest BCUT2D eigenvalue weighted by molar-refractivity contribution is 7.14. The van der Waals surface area contributed by atoms with Crippen LogP contribution >= 0.6 is 11.3 Å². The van der Waals surface area contributed by atoms with E-state index < -0.39 is 0 Å². The lowest BCUT2D eigenvalue weighted by Crippen LogP contribution is -2.32. The quantitative estimate of drug-likeness (QED) is 0.219. The van der Waals surface area contributed by atoms with E-state index in [0.29, 0.717) is 10.7 Å². The summed E-state index contributed by atoms with van der Waals surface area (Å²) in [5, 5.41) is 7.72. The van der Waals surface area contributed by atoms with E-state index in [1.807, 2.05) is 50.8 Å². The number of carbonyl (C=O) groups is 2. The Morgan fingerprint density at radius 3 is 2.62 bits per heavy atom. The van der Waals surface area contributed by atoms with Gasteiger partial charge in [0.25, 0.3) is 5.91 Å². The molecule has 0 saturated carbocycles. The van der Waals surface area contributed by atoms with Crippen LogP contribution in [0.15, 0.2) is 48.1 Å². The number of anilines is 1. The first kappa shape index (κ1) is 32.3. The topological polar surface area (TPSA) is 85.2 Å². The number of methoxy groups -OCH3 is 1. The third-order valence-electron chi connectivity index (χ3n) is 6.73. The number of aromatic nitrogens is 2. The van der Waals surface area contributed by atoms with Crippen molar-refractivity contribution in [3.8, 4) is 11.3 Å². The minimum atomic E-state index is -0.315. The van der Waals surface area contributed by atoms with E-state index in [0.717, 1.165) is 35.3 Å². The molecule has 7 nitrogen and oxygen atoms in total. The van der Waals surface area contributed by atoms with Crippen LogP contribution in [0.3, 0.4) is 0 Å². The van der Waals surface area contributed by atoms with Crippen molar-refractivity contribution in [3.05, 3.63) is 59.2 Å². The molecule has 2 heterocycles. The molecule has 9 heteroatoms. The van der Waals surface area contributed by atoms with Gasteiger partial charge in [0.1, 0.15) is 0 Å². The first-order valence-corrected chi connectivity index (χ1v) is 14.7. The van der Waals surface area contributed by atoms with Crippen molar-refractivity contribution in [1.29, 1.82) is 0 Å². The second kappa shape index (κ2) is 17.6. The Kier molecular flexibility index (Phi) is 14.6. The molecular formula is C30H44BN4O3S. The summed E-state index contributed by atoms with van der Waals surface area (Å²) in [6.07, 6.45) is 10.2. The average Bonchev–Trinajstić information content (AvgIpc) is 3.61. The summed E-state index contributed by atoms with van der Waals surface area (Å²) in [5.41, 5.74) is 3.48. The molecule has 39 heavy (non-hydrogen) atoms. The van der Waals surface area contributed by atoms with Crippen LogP contribution in [0.4, 0.5) is 5.13 Å². The molecule has 2 N–H and O–H groups in total. The Bertz CT molecular complexity index is 1150. The molecule has 0 aliphatic rings. The van der Waals surface area contributed by atoms with Crippen molar-refractivity contribution < 1.29 is 14.3 Å². The summed E-state index contributed by atoms with van der Waals surface area (Å²) in [7, 11) is 3.63. The number of thiazole rings is 1. The summed E-state index contributed by atoms with van der Waals surface area (Å²) >= 11 is 1.35. The van der Waals surface area contributed by atoms with Crippen LogP contribution in [-0.2, 0) is 9.53 Å². The van der Waals surface area contributed by atoms with Gasteiger partial charge in [0.15, 0.2) is 5.13 Å². The van der Waals surface area contributed by atoms with Crippen LogP contribution in [-0.4, -0.2) is 49.0 Å². The predicted octanol–water partition coefficient (Wildman–Crippen LogP) is 6.68. The number of aryl methyl sites for hydroxylation is 1. The number of benzene rings is 1. The maximum absolute atomic E-state index is 12.0. The van der Waals surface area contributed by atoms with Crippen molar-refractivity contribution in [3.63, 3.8) is 0 Å². The minimum absolute atomic E-state index is 0.112. The van der Waals surface area contributed by atoms with E-state index >= 15 is 0 Å². The molecule has 211 valence electrons. The van der Waals surface area contributed by atoms with Gasteiger partial charge in [0, 0.05) is 30.9 Å². The first-order chi connectivity index (χ1) is 18.8. The number of rotatable bonds is 14. The fraction of sp³-hybridized carbons (Fsp3) is 0.500. The van der Waals surface area contributed by atoms with Gasteiger partial charge in [0.05, 0.1) is 17.8 Å². The van der Waals surface area contributed by atoms with E-state index in [9.17, 15) is 9.59 Å². The van der Waals surface area contributed by atoms with Crippen molar-refractivity contribution in [2.24, 2.45) is 11.8 Å². The van der Waals surface area contributed by atoms with Gasteiger partial charge >= 0.3 is 0 Å². The number of hydrogen-bond acceptors (Lipinski definition) is 5. The lowest BCUT2D eigenvalue weighted by Gasteiger charge is -2.14. The number of carbonyl (C=O) groups excluding carboxylic acids is 2. The Morgan fingerprint density at radius 2 is 1.97 bits per heavy atom. The lowest BCUT2D eigenvalue weighted by molar-refractivity contribution is -0.115. The van der Waals surface area contributed by atoms with E-state index in [1.165, 1.54) is 43.4 Å². The summed E-state index contributed by atoms with van der Waals surface area (Å²) < 4.78 is 6.95. The first-order valence-electron chi connectivity index (χ1n) is 13.9. The maximum Gasteiger partial charge on any atom is 0.253 e. The molecule has 0 bridgehead atoms. The van der Waals surface area contributed by atoms with Crippen molar-refractivity contribution in [2.75, 3.05) is 25.6 Å². The highest BCUT2D eigenvalue weighted by atomic mass is 32.1. The Hall–Kier alpha value is -2.91. The molecule has 2 aromatic heterocycles. The second-order valence-electron chi connectivity index (χ2n) is 9.92. The summed E-state index contributed by atoms with van der Waals surface area (Å²) in [6.45, 7) is 11.6. The smallest absolute Gasteiger partial charge is 0.253 e. The second-order valence-corrected chi connectivity index (χ2v) is 10.8. The molecule has 3 aromatic rings. The monoisotopic (exact) mass is 551 g/mol. The van der Waals surface area contributed by atoms with Gasteiger partial charge in [-0.2, -0.15) is 0 Å². The van der Waals surface area contributed by atoms with E-state index in [-0.39, 0.29) is 18.4 Å². The third kappa shape index (κ3) is 11.8. The fourth-order valence-electron chi connectivity index (χ4n) is 4.00. The van der Waals surface area contributed by atoms with Gasteiger partial charge in [-0.25, -0.2) is 4.98 Å². The molecule has 1 aromatic carbocycles. The molecule has 2 amide bonds. The minimum Gasteiger partial charge on any atom is -0.402 e. The van der Waals surface area contributed by atoms with E-state index in [2.05, 4.69) is 36.4 Å².